The van der Waals surface area contributed by atoms with Crippen molar-refractivity contribution in [2.45, 2.75) is 0 Å². The number of hydrogen-bond donors (Lipinski definition) is 0. The topological polar surface area (TPSA) is 22.1 Å². The van der Waals surface area contributed by atoms with Gasteiger partial charge in [-0.05, 0) is 11.3 Å². The second kappa shape index (κ2) is 5.65. The van der Waals surface area contributed by atoms with Gasteiger partial charge >= 0.3 is 0 Å². The third-order valence-electron chi connectivity index (χ3n) is 3.06. The molecule has 1 heterocycles. The first-order valence-electron chi connectivity index (χ1n) is 6.13. The fraction of sp³-hybridized carbons (Fsp3) is 0.0625. The van der Waals surface area contributed by atoms with E-state index in [0.29, 0.717) is 4.47 Å². The van der Waals surface area contributed by atoms with Crippen LogP contribution in [-0.4, -0.2) is 12.1 Å². The number of hydrogen-bond acceptors (Lipinski definition) is 3. The Morgan fingerprint density at radius 1 is 1.10 bits per heavy atom. The van der Waals surface area contributed by atoms with Gasteiger partial charge in [0.1, 0.15) is 5.75 Å². The molecule has 0 atom stereocenters. The Hall–Kier alpha value is -1.84. The average molecular weight is 302 g/mol. The summed E-state index contributed by atoms with van der Waals surface area (Å²) in [5.41, 5.74) is 2.06. The van der Waals surface area contributed by atoms with Gasteiger partial charge in [0.25, 0.3) is 0 Å². The van der Waals surface area contributed by atoms with E-state index in [-0.39, 0.29) is 0 Å². The molecule has 100 valence electrons. The molecule has 4 heteroatoms. The number of aromatic nitrogens is 1. The minimum Gasteiger partial charge on any atom is -0.496 e. The molecule has 0 bridgehead atoms. The zero-order chi connectivity index (χ0) is 13.9. The second-order valence-corrected chi connectivity index (χ2v) is 5.71. The van der Waals surface area contributed by atoms with Crippen molar-refractivity contribution in [3.8, 4) is 17.0 Å². The highest BCUT2D eigenvalue weighted by molar-refractivity contribution is 7.14. The Labute approximate surface area is 125 Å². The summed E-state index contributed by atoms with van der Waals surface area (Å²) in [6.45, 7) is 0. The third kappa shape index (κ3) is 2.55. The fourth-order valence-corrected chi connectivity index (χ4v) is 2.69. The summed E-state index contributed by atoms with van der Waals surface area (Å²) in [6.07, 6.45) is 0. The van der Waals surface area contributed by atoms with Crippen molar-refractivity contribution in [3.63, 3.8) is 0 Å². The van der Waals surface area contributed by atoms with Gasteiger partial charge < -0.3 is 4.74 Å². The van der Waals surface area contributed by atoms with Gasteiger partial charge in [0, 0.05) is 16.2 Å². The maximum atomic E-state index is 5.72. The van der Waals surface area contributed by atoms with E-state index >= 15 is 0 Å². The number of rotatable bonds is 2. The summed E-state index contributed by atoms with van der Waals surface area (Å²) in [5.74, 6) is 1.03. The summed E-state index contributed by atoms with van der Waals surface area (Å²) in [4.78, 5) is 4.16. The molecule has 0 unspecified atom stereocenters. The largest absolute Gasteiger partial charge is 0.496 e. The molecule has 0 spiro atoms. The van der Waals surface area contributed by atoms with Crippen molar-refractivity contribution in [3.05, 3.63) is 68.8 Å². The monoisotopic (exact) mass is 301 g/mol. The van der Waals surface area contributed by atoms with E-state index in [4.69, 9.17) is 16.3 Å². The molecule has 2 aliphatic rings. The first-order valence-corrected chi connectivity index (χ1v) is 7.38. The number of thiazole rings is 1. The third-order valence-corrected chi connectivity index (χ3v) is 4.04. The lowest BCUT2D eigenvalue weighted by Crippen LogP contribution is -1.92. The van der Waals surface area contributed by atoms with Crippen LogP contribution in [0.1, 0.15) is 0 Å². The second-order valence-electron chi connectivity index (χ2n) is 4.27. The summed E-state index contributed by atoms with van der Waals surface area (Å²) < 4.78 is 5.56. The average Bonchev–Trinajstić information content (AvgIpc) is 2.90. The fourth-order valence-electron chi connectivity index (χ4n) is 1.92. The van der Waals surface area contributed by atoms with Crippen molar-refractivity contribution >= 4 is 22.9 Å². The van der Waals surface area contributed by atoms with Crippen molar-refractivity contribution in [1.29, 1.82) is 0 Å². The van der Waals surface area contributed by atoms with Gasteiger partial charge in [0.15, 0.2) is 4.47 Å². The predicted octanol–water partition coefficient (Wildman–Crippen LogP) is 4.76. The Morgan fingerprint density at radius 3 is 2.30 bits per heavy atom. The zero-order valence-corrected chi connectivity index (χ0v) is 12.4. The summed E-state index contributed by atoms with van der Waals surface area (Å²) in [6, 6.07) is 16.2. The smallest absolute Gasteiger partial charge is 0.184 e. The first-order chi connectivity index (χ1) is 9.78. The molecule has 0 amide bonds. The minimum atomic E-state index is 0.592. The van der Waals surface area contributed by atoms with Gasteiger partial charge in [-0.2, -0.15) is 0 Å². The molecule has 0 saturated carbocycles. The number of ether oxygens (including phenoxy) is 1. The van der Waals surface area contributed by atoms with Crippen LogP contribution >= 0.6 is 22.9 Å². The standard InChI is InChI=1S/C9H6ClNS.C7H6O/c10-9-11-8(6-12-9)7-4-2-1-3-5-7;1-8-7-4-5-2-3-6(5)7/h1-6H;2-4H,1H3. The minimum absolute atomic E-state index is 0.592. The lowest BCUT2D eigenvalue weighted by molar-refractivity contribution is 0.407. The van der Waals surface area contributed by atoms with Crippen LogP contribution in [0.4, 0.5) is 0 Å². The molecule has 0 fully saturated rings. The van der Waals surface area contributed by atoms with Crippen molar-refractivity contribution in [2.24, 2.45) is 0 Å². The Morgan fingerprint density at radius 2 is 1.90 bits per heavy atom. The van der Waals surface area contributed by atoms with E-state index in [9.17, 15) is 0 Å². The van der Waals surface area contributed by atoms with E-state index in [2.05, 4.69) is 17.1 Å². The van der Waals surface area contributed by atoms with E-state index in [1.165, 1.54) is 21.8 Å². The molecule has 1 aromatic heterocycles. The SMILES string of the molecule is COc1cc2ccc1=2.Clc1nc(-c2ccccc2)cs1. The molecule has 4 rings (SSSR count). The lowest BCUT2D eigenvalue weighted by Gasteiger charge is -2.08. The molecule has 2 aromatic rings. The van der Waals surface area contributed by atoms with Crippen molar-refractivity contribution < 1.29 is 4.74 Å². The van der Waals surface area contributed by atoms with Gasteiger partial charge in [0.05, 0.1) is 12.8 Å². The zero-order valence-electron chi connectivity index (χ0n) is 10.8. The quantitative estimate of drug-likeness (QED) is 0.532. The molecule has 0 aliphatic heterocycles. The van der Waals surface area contributed by atoms with Crippen LogP contribution < -0.4 is 4.74 Å². The van der Waals surface area contributed by atoms with Gasteiger partial charge in [-0.3, -0.25) is 0 Å². The summed E-state index contributed by atoms with van der Waals surface area (Å²) >= 11 is 7.17. The number of methoxy groups -OCH3 is 1. The predicted molar refractivity (Wildman–Crippen MR) is 83.2 cm³/mol. The van der Waals surface area contributed by atoms with Crippen LogP contribution in [0.25, 0.3) is 11.3 Å². The van der Waals surface area contributed by atoms with Gasteiger partial charge in [-0.25, -0.2) is 4.98 Å². The molecule has 2 aliphatic carbocycles. The normalized spacial score (nSPS) is 10.5. The highest BCUT2D eigenvalue weighted by atomic mass is 35.5. The maximum Gasteiger partial charge on any atom is 0.184 e. The van der Waals surface area contributed by atoms with Crippen LogP contribution in [0, 0.1) is 10.4 Å². The van der Waals surface area contributed by atoms with Crippen LogP contribution in [0.15, 0.2) is 53.9 Å². The lowest BCUT2D eigenvalue weighted by atomic mass is 10.1. The number of benzene rings is 2. The highest BCUT2D eigenvalue weighted by Gasteiger charge is 2.03. The molecule has 20 heavy (non-hydrogen) atoms. The summed E-state index contributed by atoms with van der Waals surface area (Å²) in [7, 11) is 1.70. The van der Waals surface area contributed by atoms with Gasteiger partial charge in [-0.15, -0.1) is 11.3 Å². The van der Waals surface area contributed by atoms with Crippen LogP contribution in [0.5, 0.6) is 5.75 Å². The first kappa shape index (κ1) is 13.2. The Balaban J connectivity index is 0.000000131. The molecular weight excluding hydrogens is 290 g/mol. The van der Waals surface area contributed by atoms with Gasteiger partial charge in [0.2, 0.25) is 0 Å². The van der Waals surface area contributed by atoms with E-state index < -0.39 is 0 Å². The van der Waals surface area contributed by atoms with E-state index in [1.807, 2.05) is 41.8 Å². The molecule has 1 aromatic carbocycles. The molecule has 0 saturated heterocycles. The summed E-state index contributed by atoms with van der Waals surface area (Å²) in [5, 5.41) is 4.58. The molecular formula is C16H12ClNOS. The maximum absolute atomic E-state index is 5.72. The molecule has 0 N–H and O–H groups in total. The Kier molecular flexibility index (Phi) is 3.72. The Bertz CT molecular complexity index is 814. The van der Waals surface area contributed by atoms with Gasteiger partial charge in [-0.1, -0.05) is 54.1 Å². The molecule has 2 nitrogen and oxygen atoms in total. The van der Waals surface area contributed by atoms with Crippen LogP contribution in [0.2, 0.25) is 4.47 Å². The number of nitrogens with zero attached hydrogens (tertiary/aromatic N) is 1. The van der Waals surface area contributed by atoms with E-state index in [1.54, 1.807) is 7.11 Å². The highest BCUT2D eigenvalue weighted by Crippen LogP contribution is 2.24. The van der Waals surface area contributed by atoms with Crippen LogP contribution in [-0.2, 0) is 0 Å². The molecule has 0 radical (unpaired) electrons. The van der Waals surface area contributed by atoms with Crippen molar-refractivity contribution in [2.75, 3.05) is 7.11 Å². The van der Waals surface area contributed by atoms with Crippen molar-refractivity contribution in [1.82, 2.24) is 4.98 Å². The van der Waals surface area contributed by atoms with E-state index in [0.717, 1.165) is 17.0 Å². The number of halogens is 1. The van der Waals surface area contributed by atoms with Crippen LogP contribution in [0.3, 0.4) is 0 Å².